The molecule has 0 saturated heterocycles. The Morgan fingerprint density at radius 2 is 1.76 bits per heavy atom. The third-order valence-corrected chi connectivity index (χ3v) is 3.50. The summed E-state index contributed by atoms with van der Waals surface area (Å²) in [6.07, 6.45) is 0. The highest BCUT2D eigenvalue weighted by Crippen LogP contribution is 2.24. The van der Waals surface area contributed by atoms with Crippen molar-refractivity contribution in [1.82, 2.24) is 0 Å². The van der Waals surface area contributed by atoms with Crippen molar-refractivity contribution in [3.63, 3.8) is 0 Å². The van der Waals surface area contributed by atoms with Crippen molar-refractivity contribution in [2.45, 2.75) is 13.8 Å². The molecule has 0 heterocycles. The summed E-state index contributed by atoms with van der Waals surface area (Å²) >= 11 is 3.42. The van der Waals surface area contributed by atoms with Gasteiger partial charge in [0.1, 0.15) is 5.84 Å². The van der Waals surface area contributed by atoms with Crippen molar-refractivity contribution in [3.05, 3.63) is 28.2 Å². The highest BCUT2D eigenvalue weighted by atomic mass is 79.9. The van der Waals surface area contributed by atoms with Gasteiger partial charge < -0.3 is 20.1 Å². The second kappa shape index (κ2) is 9.76. The van der Waals surface area contributed by atoms with E-state index < -0.39 is 0 Å². The van der Waals surface area contributed by atoms with Gasteiger partial charge in [-0.3, -0.25) is 5.41 Å². The van der Waals surface area contributed by atoms with Crippen molar-refractivity contribution >= 4 is 27.5 Å². The Balaban J connectivity index is 2.91. The summed E-state index contributed by atoms with van der Waals surface area (Å²) in [5.74, 6) is 0.0594. The van der Waals surface area contributed by atoms with E-state index in [9.17, 15) is 0 Å². The Morgan fingerprint density at radius 1 is 1.19 bits per heavy atom. The molecule has 0 saturated carbocycles. The molecule has 3 N–H and O–H groups in total. The van der Waals surface area contributed by atoms with Crippen LogP contribution < -0.4 is 10.6 Å². The van der Waals surface area contributed by atoms with Crippen LogP contribution in [0.1, 0.15) is 19.4 Å². The van der Waals surface area contributed by atoms with E-state index in [0.717, 1.165) is 28.8 Å². The molecule has 0 aliphatic carbocycles. The number of nitrogens with two attached hydrogens (primary N) is 1. The van der Waals surface area contributed by atoms with E-state index in [0.29, 0.717) is 26.4 Å². The number of anilines is 1. The lowest BCUT2D eigenvalue weighted by molar-refractivity contribution is 0.141. The van der Waals surface area contributed by atoms with E-state index in [-0.39, 0.29) is 5.84 Å². The maximum absolute atomic E-state index is 7.76. The molecule has 0 aliphatic rings. The van der Waals surface area contributed by atoms with Crippen LogP contribution in [0.2, 0.25) is 0 Å². The summed E-state index contributed by atoms with van der Waals surface area (Å²) in [5, 5.41) is 7.76. The van der Waals surface area contributed by atoms with Gasteiger partial charge >= 0.3 is 0 Å². The van der Waals surface area contributed by atoms with Crippen molar-refractivity contribution < 1.29 is 9.47 Å². The number of nitrogen functional groups attached to an aromatic ring is 1. The second-order valence-electron chi connectivity index (χ2n) is 4.46. The summed E-state index contributed by atoms with van der Waals surface area (Å²) < 4.78 is 11.8. The summed E-state index contributed by atoms with van der Waals surface area (Å²) in [5.41, 5.74) is 7.36. The number of hydrogen-bond donors (Lipinski definition) is 2. The normalized spacial score (nSPS) is 10.6. The molecule has 0 fully saturated rings. The van der Waals surface area contributed by atoms with Crippen LogP contribution in [0.15, 0.2) is 22.7 Å². The van der Waals surface area contributed by atoms with Crippen LogP contribution in [0, 0.1) is 5.41 Å². The molecule has 0 amide bonds. The number of amidine groups is 1. The second-order valence-corrected chi connectivity index (χ2v) is 5.37. The molecule has 21 heavy (non-hydrogen) atoms. The number of nitrogens with one attached hydrogen (secondary N) is 1. The van der Waals surface area contributed by atoms with E-state index in [1.165, 1.54) is 0 Å². The first-order chi connectivity index (χ1) is 10.1. The van der Waals surface area contributed by atoms with Crippen molar-refractivity contribution in [1.29, 1.82) is 5.41 Å². The van der Waals surface area contributed by atoms with Gasteiger partial charge in [-0.1, -0.05) is 15.9 Å². The van der Waals surface area contributed by atoms with Gasteiger partial charge in [-0.15, -0.1) is 0 Å². The number of hydrogen-bond acceptors (Lipinski definition) is 4. The molecule has 5 nitrogen and oxygen atoms in total. The van der Waals surface area contributed by atoms with Gasteiger partial charge in [0.2, 0.25) is 0 Å². The Labute approximate surface area is 135 Å². The van der Waals surface area contributed by atoms with Gasteiger partial charge in [0.15, 0.2) is 0 Å². The maximum Gasteiger partial charge on any atom is 0.124 e. The van der Waals surface area contributed by atoms with Crippen LogP contribution in [0.3, 0.4) is 0 Å². The Kier molecular flexibility index (Phi) is 8.34. The fraction of sp³-hybridized carbons (Fsp3) is 0.533. The minimum atomic E-state index is 0.0594. The lowest BCUT2D eigenvalue weighted by Gasteiger charge is -2.27. The minimum Gasteiger partial charge on any atom is -0.384 e. The largest absolute Gasteiger partial charge is 0.384 e. The highest BCUT2D eigenvalue weighted by Gasteiger charge is 2.13. The molecule has 1 aromatic carbocycles. The molecule has 6 heteroatoms. The fourth-order valence-electron chi connectivity index (χ4n) is 1.99. The molecule has 0 atom stereocenters. The molecule has 0 bridgehead atoms. The molecule has 118 valence electrons. The number of halogens is 1. The average molecular weight is 358 g/mol. The molecular formula is C15H24BrN3O2. The van der Waals surface area contributed by atoms with Gasteiger partial charge in [0, 0.05) is 42.0 Å². The lowest BCUT2D eigenvalue weighted by Crippen LogP contribution is -2.33. The maximum atomic E-state index is 7.76. The molecule has 0 aliphatic heterocycles. The predicted octanol–water partition coefficient (Wildman–Crippen LogP) is 2.61. The smallest absolute Gasteiger partial charge is 0.124 e. The van der Waals surface area contributed by atoms with Crippen LogP contribution in [-0.4, -0.2) is 45.4 Å². The third-order valence-electron chi connectivity index (χ3n) is 3.01. The number of nitrogens with zero attached hydrogens (tertiary/aromatic N) is 1. The Hall–Kier alpha value is -1.11. The number of benzene rings is 1. The van der Waals surface area contributed by atoms with E-state index in [1.54, 1.807) is 0 Å². The van der Waals surface area contributed by atoms with E-state index >= 15 is 0 Å². The van der Waals surface area contributed by atoms with Gasteiger partial charge in [-0.05, 0) is 32.0 Å². The van der Waals surface area contributed by atoms with Crippen LogP contribution in [-0.2, 0) is 9.47 Å². The SMILES string of the molecule is CCOCCN(CCOCC)c1ccc(Br)cc1C(=N)N. The molecule has 1 rings (SSSR count). The first-order valence-corrected chi connectivity index (χ1v) is 7.93. The van der Waals surface area contributed by atoms with E-state index in [2.05, 4.69) is 20.8 Å². The van der Waals surface area contributed by atoms with Crippen LogP contribution in [0.4, 0.5) is 5.69 Å². The molecule has 1 aromatic rings. The first-order valence-electron chi connectivity index (χ1n) is 7.14. The highest BCUT2D eigenvalue weighted by molar-refractivity contribution is 9.10. The standard InChI is InChI=1S/C15H24BrN3O2/c1-3-20-9-7-19(8-10-21-4-2)14-6-5-12(16)11-13(14)15(17)18/h5-6,11H,3-4,7-10H2,1-2H3,(H3,17,18). The van der Waals surface area contributed by atoms with Gasteiger partial charge in [0.05, 0.1) is 13.2 Å². The summed E-state index contributed by atoms with van der Waals surface area (Å²) in [7, 11) is 0. The van der Waals surface area contributed by atoms with Gasteiger partial charge in [0.25, 0.3) is 0 Å². The molecule has 0 radical (unpaired) electrons. The zero-order chi connectivity index (χ0) is 15.7. The Morgan fingerprint density at radius 3 is 2.24 bits per heavy atom. The Bertz CT molecular complexity index is 445. The van der Waals surface area contributed by atoms with Crippen molar-refractivity contribution in [3.8, 4) is 0 Å². The molecule has 0 spiro atoms. The third kappa shape index (κ3) is 6.03. The number of rotatable bonds is 10. The summed E-state index contributed by atoms with van der Waals surface area (Å²) in [6.45, 7) is 8.09. The molecule has 0 unspecified atom stereocenters. The average Bonchev–Trinajstić information content (AvgIpc) is 2.46. The first kappa shape index (κ1) is 17.9. The molecular weight excluding hydrogens is 334 g/mol. The van der Waals surface area contributed by atoms with Gasteiger partial charge in [-0.2, -0.15) is 0 Å². The number of ether oxygens (including phenoxy) is 2. The lowest BCUT2D eigenvalue weighted by atomic mass is 10.1. The van der Waals surface area contributed by atoms with Crippen LogP contribution in [0.5, 0.6) is 0 Å². The zero-order valence-electron chi connectivity index (χ0n) is 12.7. The van der Waals surface area contributed by atoms with Crippen molar-refractivity contribution in [2.24, 2.45) is 5.73 Å². The van der Waals surface area contributed by atoms with E-state index in [4.69, 9.17) is 20.6 Å². The minimum absolute atomic E-state index is 0.0594. The zero-order valence-corrected chi connectivity index (χ0v) is 14.3. The quantitative estimate of drug-likeness (QED) is 0.383. The molecule has 0 aromatic heterocycles. The van der Waals surface area contributed by atoms with Gasteiger partial charge in [-0.25, -0.2) is 0 Å². The van der Waals surface area contributed by atoms with E-state index in [1.807, 2.05) is 32.0 Å². The monoisotopic (exact) mass is 357 g/mol. The predicted molar refractivity (Wildman–Crippen MR) is 90.4 cm³/mol. The summed E-state index contributed by atoms with van der Waals surface area (Å²) in [6, 6.07) is 5.79. The van der Waals surface area contributed by atoms with Crippen LogP contribution in [0.25, 0.3) is 0 Å². The fourth-order valence-corrected chi connectivity index (χ4v) is 2.35. The van der Waals surface area contributed by atoms with Crippen LogP contribution >= 0.6 is 15.9 Å². The van der Waals surface area contributed by atoms with Crippen molar-refractivity contribution in [2.75, 3.05) is 44.4 Å². The topological polar surface area (TPSA) is 71.6 Å². The summed E-state index contributed by atoms with van der Waals surface area (Å²) in [4.78, 5) is 2.15.